The normalized spacial score (nSPS) is 14.2. The van der Waals surface area contributed by atoms with Gasteiger partial charge in [-0.1, -0.05) is 269 Å². The largest absolute Gasteiger partial charge is 0.472 e. The van der Waals surface area contributed by atoms with Gasteiger partial charge in [-0.05, 0) is 103 Å². The molecule has 0 saturated carbocycles. The molecular formula is C75H138O17P2. The summed E-state index contributed by atoms with van der Waals surface area (Å²) in [5.41, 5.74) is 0. The lowest BCUT2D eigenvalue weighted by Crippen LogP contribution is -2.30. The lowest BCUT2D eigenvalue weighted by atomic mass is 10.1. The fourth-order valence-electron chi connectivity index (χ4n) is 10.4. The van der Waals surface area contributed by atoms with Crippen molar-refractivity contribution in [1.29, 1.82) is 0 Å². The number of rotatable bonds is 72. The van der Waals surface area contributed by atoms with Crippen molar-refractivity contribution in [2.75, 3.05) is 39.6 Å². The van der Waals surface area contributed by atoms with Gasteiger partial charge in [-0.3, -0.25) is 37.3 Å². The van der Waals surface area contributed by atoms with E-state index in [9.17, 15) is 43.2 Å². The van der Waals surface area contributed by atoms with E-state index < -0.39 is 97.5 Å². The van der Waals surface area contributed by atoms with Crippen molar-refractivity contribution in [2.24, 2.45) is 0 Å². The maximum atomic E-state index is 13.1. The average molecular weight is 1370 g/mol. The van der Waals surface area contributed by atoms with E-state index in [1.807, 2.05) is 0 Å². The Bertz CT molecular complexity index is 1980. The number of unbranched alkanes of at least 4 members (excludes halogenated alkanes) is 38. The standard InChI is InChI=1S/C75H138O17P2/c1-5-9-13-17-21-25-29-32-34-37-41-44-48-52-56-60-73(78)86-66-71(92-75(80)62-58-54-50-46-42-38-35-33-30-26-22-18-14-10-6-2)68-90-94(83,84)88-64-69(76)63-87-93(81,82)89-67-70(91-74(79)61-57-53-49-45-39-28-24-20-16-12-8-4)65-85-72(77)59-55-51-47-43-40-36-31-27-23-19-15-11-7-3/h15,19,27,31-35,69-71,76H,5-14,16-18,20-26,28-30,36-68H2,1-4H3,(H,81,82)(H,83,84)/b19-15-,31-27-,34-32-,35-33-. The summed E-state index contributed by atoms with van der Waals surface area (Å²) < 4.78 is 68.4. The maximum absolute atomic E-state index is 13.1. The van der Waals surface area contributed by atoms with Crippen LogP contribution >= 0.6 is 15.6 Å². The van der Waals surface area contributed by atoms with Crippen LogP contribution in [0.2, 0.25) is 0 Å². The van der Waals surface area contributed by atoms with Crippen LogP contribution in [0.25, 0.3) is 0 Å². The number of esters is 4. The van der Waals surface area contributed by atoms with E-state index >= 15 is 0 Å². The molecule has 94 heavy (non-hydrogen) atoms. The summed E-state index contributed by atoms with van der Waals surface area (Å²) in [6.07, 6.45) is 63.9. The van der Waals surface area contributed by atoms with Crippen LogP contribution in [-0.2, 0) is 65.4 Å². The molecule has 17 nitrogen and oxygen atoms in total. The second-order valence-electron chi connectivity index (χ2n) is 25.6. The average Bonchev–Trinajstić information content (AvgIpc) is 1.22. The molecule has 0 aromatic heterocycles. The van der Waals surface area contributed by atoms with E-state index in [-0.39, 0.29) is 25.7 Å². The molecule has 5 atom stereocenters. The predicted octanol–water partition coefficient (Wildman–Crippen LogP) is 21.3. The molecule has 0 aliphatic heterocycles. The fraction of sp³-hybridized carbons (Fsp3) is 0.840. The number of phosphoric ester groups is 2. The first-order valence-electron chi connectivity index (χ1n) is 37.9. The van der Waals surface area contributed by atoms with E-state index in [1.165, 1.54) is 116 Å². The van der Waals surface area contributed by atoms with Crippen molar-refractivity contribution < 1.29 is 80.2 Å². The summed E-state index contributed by atoms with van der Waals surface area (Å²) in [6, 6.07) is 0. The smallest absolute Gasteiger partial charge is 0.462 e. The number of phosphoric acid groups is 2. The van der Waals surface area contributed by atoms with Gasteiger partial charge >= 0.3 is 39.5 Å². The van der Waals surface area contributed by atoms with E-state index in [4.69, 9.17) is 37.0 Å². The molecular weight excluding hydrogens is 1230 g/mol. The number of aliphatic hydroxyl groups excluding tert-OH is 1. The first-order valence-corrected chi connectivity index (χ1v) is 40.9. The highest BCUT2D eigenvalue weighted by Crippen LogP contribution is 2.45. The van der Waals surface area contributed by atoms with E-state index in [0.29, 0.717) is 25.7 Å². The Morgan fingerprint density at radius 1 is 0.298 bits per heavy atom. The zero-order valence-electron chi connectivity index (χ0n) is 59.9. The summed E-state index contributed by atoms with van der Waals surface area (Å²) in [6.45, 7) is 4.81. The van der Waals surface area contributed by atoms with E-state index in [1.54, 1.807) is 0 Å². The Hall–Kier alpha value is -2.98. The van der Waals surface area contributed by atoms with Gasteiger partial charge in [-0.2, -0.15) is 0 Å². The van der Waals surface area contributed by atoms with Crippen LogP contribution in [0.4, 0.5) is 0 Å². The predicted molar refractivity (Wildman–Crippen MR) is 381 cm³/mol. The molecule has 0 amide bonds. The Morgan fingerprint density at radius 2 is 0.543 bits per heavy atom. The Morgan fingerprint density at radius 3 is 0.840 bits per heavy atom. The molecule has 0 aliphatic carbocycles. The minimum Gasteiger partial charge on any atom is -0.462 e. The van der Waals surface area contributed by atoms with Crippen LogP contribution in [0, 0.1) is 0 Å². The first-order chi connectivity index (χ1) is 45.7. The van der Waals surface area contributed by atoms with Gasteiger partial charge in [0.15, 0.2) is 12.2 Å². The zero-order valence-corrected chi connectivity index (χ0v) is 61.7. The van der Waals surface area contributed by atoms with Gasteiger partial charge in [0.25, 0.3) is 0 Å². The molecule has 0 radical (unpaired) electrons. The van der Waals surface area contributed by atoms with E-state index in [2.05, 4.69) is 76.3 Å². The topological polar surface area (TPSA) is 237 Å². The highest BCUT2D eigenvalue weighted by Gasteiger charge is 2.30. The summed E-state index contributed by atoms with van der Waals surface area (Å²) in [7, 11) is -9.93. The second-order valence-corrected chi connectivity index (χ2v) is 28.5. The molecule has 0 aromatic rings. The molecule has 0 spiro atoms. The van der Waals surface area contributed by atoms with Crippen LogP contribution in [0.15, 0.2) is 48.6 Å². The number of carbonyl (C=O) groups excluding carboxylic acids is 4. The Kier molecular flexibility index (Phi) is 66.4. The molecule has 19 heteroatoms. The summed E-state index contributed by atoms with van der Waals surface area (Å²) in [5, 5.41) is 10.6. The SMILES string of the molecule is CCC/C=C\C/C=C\CCCCCCCC(=O)OCC(COP(=O)(O)OCC(O)COP(=O)(O)OCC(COC(=O)CCCCCCC/C=C\CCCCCCCC)OC(=O)CCCCCCC/C=C\CCCCCCCC)OC(=O)CCCCCCCCCCCCC. The Labute approximate surface area is 572 Å². The fourth-order valence-corrected chi connectivity index (χ4v) is 12.0. The number of carbonyl (C=O) groups is 4. The monoisotopic (exact) mass is 1370 g/mol. The number of ether oxygens (including phenoxy) is 4. The summed E-state index contributed by atoms with van der Waals surface area (Å²) >= 11 is 0. The molecule has 0 bridgehead atoms. The molecule has 0 rings (SSSR count). The lowest BCUT2D eigenvalue weighted by Gasteiger charge is -2.21. The first kappa shape index (κ1) is 91.0. The summed E-state index contributed by atoms with van der Waals surface area (Å²) in [4.78, 5) is 72.7. The van der Waals surface area contributed by atoms with Crippen molar-refractivity contribution >= 4 is 39.5 Å². The molecule has 0 saturated heterocycles. The quantitative estimate of drug-likeness (QED) is 0.0169. The third kappa shape index (κ3) is 67.6. The number of aliphatic hydroxyl groups is 1. The summed E-state index contributed by atoms with van der Waals surface area (Å²) in [5.74, 6) is -2.18. The van der Waals surface area contributed by atoms with Crippen molar-refractivity contribution in [3.8, 4) is 0 Å². The van der Waals surface area contributed by atoms with Crippen molar-refractivity contribution in [1.82, 2.24) is 0 Å². The van der Waals surface area contributed by atoms with Gasteiger partial charge in [0.05, 0.1) is 26.4 Å². The number of hydrogen-bond donors (Lipinski definition) is 3. The van der Waals surface area contributed by atoms with Gasteiger partial charge in [0.2, 0.25) is 0 Å². The minimum absolute atomic E-state index is 0.0886. The van der Waals surface area contributed by atoms with Crippen molar-refractivity contribution in [2.45, 2.75) is 367 Å². The van der Waals surface area contributed by atoms with Crippen molar-refractivity contribution in [3.63, 3.8) is 0 Å². The van der Waals surface area contributed by atoms with Crippen LogP contribution in [0.3, 0.4) is 0 Å². The highest BCUT2D eigenvalue weighted by atomic mass is 31.2. The molecule has 0 fully saturated rings. The van der Waals surface area contributed by atoms with Crippen LogP contribution in [0.1, 0.15) is 349 Å². The Balaban J connectivity index is 5.31. The maximum Gasteiger partial charge on any atom is 0.472 e. The van der Waals surface area contributed by atoms with Gasteiger partial charge in [-0.15, -0.1) is 0 Å². The van der Waals surface area contributed by atoms with Gasteiger partial charge in [-0.25, -0.2) is 9.13 Å². The van der Waals surface area contributed by atoms with Gasteiger partial charge < -0.3 is 33.8 Å². The van der Waals surface area contributed by atoms with Crippen LogP contribution in [0.5, 0.6) is 0 Å². The van der Waals surface area contributed by atoms with Crippen LogP contribution in [-0.4, -0.2) is 96.7 Å². The van der Waals surface area contributed by atoms with Gasteiger partial charge in [0.1, 0.15) is 19.3 Å². The zero-order chi connectivity index (χ0) is 69.0. The number of allylic oxidation sites excluding steroid dienone is 8. The third-order valence-corrected chi connectivity index (χ3v) is 18.1. The third-order valence-electron chi connectivity index (χ3n) is 16.2. The number of hydrogen-bond acceptors (Lipinski definition) is 15. The molecule has 0 aliphatic rings. The molecule has 5 unspecified atom stereocenters. The molecule has 0 heterocycles. The van der Waals surface area contributed by atoms with E-state index in [0.717, 1.165) is 154 Å². The molecule has 0 aromatic carbocycles. The minimum atomic E-state index is -4.97. The van der Waals surface area contributed by atoms with Gasteiger partial charge in [0, 0.05) is 25.7 Å². The second kappa shape index (κ2) is 68.5. The lowest BCUT2D eigenvalue weighted by molar-refractivity contribution is -0.161. The molecule has 3 N–H and O–H groups in total. The highest BCUT2D eigenvalue weighted by molar-refractivity contribution is 7.47. The molecule has 550 valence electrons. The van der Waals surface area contributed by atoms with Crippen LogP contribution < -0.4 is 0 Å². The van der Waals surface area contributed by atoms with Crippen molar-refractivity contribution in [3.05, 3.63) is 48.6 Å².